The molecule has 6 aromatic rings. The van der Waals surface area contributed by atoms with Crippen LogP contribution in [0.15, 0.2) is 121 Å². The van der Waals surface area contributed by atoms with Crippen molar-refractivity contribution in [3.05, 3.63) is 133 Å². The Labute approximate surface area is 250 Å². The van der Waals surface area contributed by atoms with Crippen molar-refractivity contribution in [3.63, 3.8) is 0 Å². The Morgan fingerprint density at radius 3 is 0.976 bits per heavy atom. The third-order valence-corrected chi connectivity index (χ3v) is 7.85. The molecule has 0 aliphatic heterocycles. The van der Waals surface area contributed by atoms with Crippen LogP contribution in [0, 0.1) is 0 Å². The van der Waals surface area contributed by atoms with Gasteiger partial charge < -0.3 is 0 Å². The van der Waals surface area contributed by atoms with Gasteiger partial charge in [-0.3, -0.25) is 0 Å². The number of hydrogen-bond donors (Lipinski definition) is 0. The summed E-state index contributed by atoms with van der Waals surface area (Å²) in [4.78, 5) is 11.1. The maximum absolute atomic E-state index is 5.55. The van der Waals surface area contributed by atoms with Gasteiger partial charge in [-0.15, -0.1) is 0 Å². The van der Waals surface area contributed by atoms with E-state index in [0.717, 1.165) is 44.7 Å². The van der Waals surface area contributed by atoms with E-state index in [1.54, 1.807) is 0 Å². The molecule has 2 nitrogen and oxygen atoms in total. The molecule has 0 aliphatic rings. The lowest BCUT2D eigenvalue weighted by Crippen LogP contribution is -2.25. The second-order valence-electron chi connectivity index (χ2n) is 13.1. The molecule has 0 spiro atoms. The summed E-state index contributed by atoms with van der Waals surface area (Å²) in [5, 5.41) is 0. The molecule has 0 saturated heterocycles. The lowest BCUT2D eigenvalue weighted by atomic mass is 9.81. The molecule has 1 heterocycles. The number of benzene rings is 5. The van der Waals surface area contributed by atoms with E-state index in [2.05, 4.69) is 163 Å². The lowest BCUT2D eigenvalue weighted by molar-refractivity contribution is 0.502. The summed E-state index contributed by atoms with van der Waals surface area (Å²) in [7, 11) is 0. The lowest BCUT2D eigenvalue weighted by Gasteiger charge is -2.29. The molecule has 0 aliphatic carbocycles. The maximum Gasteiger partial charge on any atom is 0.0975 e. The first-order valence-electron chi connectivity index (χ1n) is 14.8. The highest BCUT2D eigenvalue weighted by molar-refractivity contribution is 6.05. The van der Waals surface area contributed by atoms with Gasteiger partial charge in [0, 0.05) is 22.0 Å². The first kappa shape index (κ1) is 27.6. The van der Waals surface area contributed by atoms with Crippen LogP contribution in [-0.2, 0) is 10.8 Å². The van der Waals surface area contributed by atoms with Crippen molar-refractivity contribution in [2.45, 2.75) is 52.4 Å². The van der Waals surface area contributed by atoms with E-state index in [1.165, 1.54) is 22.3 Å². The van der Waals surface area contributed by atoms with Gasteiger partial charge in [-0.1, -0.05) is 163 Å². The fourth-order valence-electron chi connectivity index (χ4n) is 5.79. The Balaban J connectivity index is 1.72. The summed E-state index contributed by atoms with van der Waals surface area (Å²) >= 11 is 0. The van der Waals surface area contributed by atoms with Gasteiger partial charge in [0.2, 0.25) is 0 Å². The minimum absolute atomic E-state index is 0.169. The van der Waals surface area contributed by atoms with Gasteiger partial charge in [-0.2, -0.15) is 0 Å². The SMILES string of the molecule is CC(C)(C)c1nc2c(-c3ccccc3-c3ccccc3)ccc(-c3ccccc3-c3ccccc3)c2nc1C(C)(C)C. The summed E-state index contributed by atoms with van der Waals surface area (Å²) in [6, 6.07) is 43.0. The van der Waals surface area contributed by atoms with Crippen molar-refractivity contribution in [2.24, 2.45) is 0 Å². The Bertz CT molecular complexity index is 1730. The van der Waals surface area contributed by atoms with Gasteiger partial charge >= 0.3 is 0 Å². The molecule has 0 atom stereocenters. The second kappa shape index (κ2) is 10.7. The third-order valence-electron chi connectivity index (χ3n) is 7.85. The van der Waals surface area contributed by atoms with Crippen LogP contribution in [-0.4, -0.2) is 9.97 Å². The predicted molar refractivity (Wildman–Crippen MR) is 179 cm³/mol. The first-order valence-corrected chi connectivity index (χ1v) is 14.8. The molecule has 5 aromatic carbocycles. The van der Waals surface area contributed by atoms with Crippen LogP contribution >= 0.6 is 0 Å². The van der Waals surface area contributed by atoms with Gasteiger partial charge in [0.05, 0.1) is 22.4 Å². The number of aromatic nitrogens is 2. The minimum atomic E-state index is -0.169. The quantitative estimate of drug-likeness (QED) is 0.220. The van der Waals surface area contributed by atoms with E-state index >= 15 is 0 Å². The molecule has 6 rings (SSSR count). The second-order valence-corrected chi connectivity index (χ2v) is 13.1. The molecule has 1 aromatic heterocycles. The van der Waals surface area contributed by atoms with Crippen molar-refractivity contribution in [2.75, 3.05) is 0 Å². The molecular formula is C40H38N2. The fourth-order valence-corrected chi connectivity index (χ4v) is 5.79. The van der Waals surface area contributed by atoms with Crippen LogP contribution in [0.3, 0.4) is 0 Å². The van der Waals surface area contributed by atoms with Crippen molar-refractivity contribution in [1.29, 1.82) is 0 Å². The molecule has 0 N–H and O–H groups in total. The van der Waals surface area contributed by atoms with Gasteiger partial charge in [0.15, 0.2) is 0 Å². The van der Waals surface area contributed by atoms with Crippen LogP contribution in [0.25, 0.3) is 55.5 Å². The third kappa shape index (κ3) is 5.14. The molecule has 0 saturated carbocycles. The van der Waals surface area contributed by atoms with E-state index in [1.807, 2.05) is 0 Å². The molecular weight excluding hydrogens is 508 g/mol. The monoisotopic (exact) mass is 546 g/mol. The highest BCUT2D eigenvalue weighted by Crippen LogP contribution is 2.43. The van der Waals surface area contributed by atoms with Crippen molar-refractivity contribution in [1.82, 2.24) is 9.97 Å². The smallest absolute Gasteiger partial charge is 0.0975 e. The van der Waals surface area contributed by atoms with E-state index in [9.17, 15) is 0 Å². The Kier molecular flexibility index (Phi) is 7.02. The van der Waals surface area contributed by atoms with E-state index in [4.69, 9.17) is 9.97 Å². The minimum Gasteiger partial charge on any atom is -0.248 e. The standard InChI is InChI=1S/C40H38N2/c1-39(2,3)37-38(40(4,5)6)42-36-34(32-24-16-14-22-30(32)28-19-11-8-12-20-28)26-25-33(35(36)41-37)31-23-15-13-21-29(31)27-17-9-7-10-18-27/h7-26H,1-6H3. The van der Waals surface area contributed by atoms with Gasteiger partial charge in [-0.05, 0) is 33.4 Å². The molecule has 208 valence electrons. The van der Waals surface area contributed by atoms with Crippen LogP contribution < -0.4 is 0 Å². The van der Waals surface area contributed by atoms with Crippen LogP contribution in [0.5, 0.6) is 0 Å². The molecule has 2 heteroatoms. The van der Waals surface area contributed by atoms with Crippen molar-refractivity contribution >= 4 is 11.0 Å². The largest absolute Gasteiger partial charge is 0.248 e. The number of hydrogen-bond acceptors (Lipinski definition) is 2. The zero-order valence-electron chi connectivity index (χ0n) is 25.4. The topological polar surface area (TPSA) is 25.8 Å². The molecule has 0 unspecified atom stereocenters. The van der Waals surface area contributed by atoms with Crippen LogP contribution in [0.1, 0.15) is 52.9 Å². The zero-order chi connectivity index (χ0) is 29.5. The highest BCUT2D eigenvalue weighted by Gasteiger charge is 2.30. The number of nitrogens with zero attached hydrogens (tertiary/aromatic N) is 2. The number of rotatable bonds is 4. The summed E-state index contributed by atoms with van der Waals surface area (Å²) in [6.45, 7) is 13.4. The zero-order valence-corrected chi connectivity index (χ0v) is 25.4. The van der Waals surface area contributed by atoms with Crippen LogP contribution in [0.2, 0.25) is 0 Å². The molecule has 0 fully saturated rings. The Hall–Kier alpha value is -4.56. The normalized spacial score (nSPS) is 12.0. The van der Waals surface area contributed by atoms with Gasteiger partial charge in [0.25, 0.3) is 0 Å². The van der Waals surface area contributed by atoms with Crippen molar-refractivity contribution in [3.8, 4) is 44.5 Å². The predicted octanol–water partition coefficient (Wildman–Crippen LogP) is 10.9. The Morgan fingerprint density at radius 1 is 0.333 bits per heavy atom. The molecule has 0 radical (unpaired) electrons. The van der Waals surface area contributed by atoms with E-state index in [-0.39, 0.29) is 10.8 Å². The van der Waals surface area contributed by atoms with E-state index < -0.39 is 0 Å². The summed E-state index contributed by atoms with van der Waals surface area (Å²) < 4.78 is 0. The summed E-state index contributed by atoms with van der Waals surface area (Å²) in [5.74, 6) is 0. The fraction of sp³-hybridized carbons (Fsp3) is 0.200. The maximum atomic E-state index is 5.55. The molecule has 42 heavy (non-hydrogen) atoms. The molecule has 0 amide bonds. The van der Waals surface area contributed by atoms with Crippen molar-refractivity contribution < 1.29 is 0 Å². The average Bonchev–Trinajstić information content (AvgIpc) is 3.00. The summed E-state index contributed by atoms with van der Waals surface area (Å²) in [6.07, 6.45) is 0. The van der Waals surface area contributed by atoms with E-state index in [0.29, 0.717) is 0 Å². The highest BCUT2D eigenvalue weighted by atomic mass is 14.9. The van der Waals surface area contributed by atoms with Gasteiger partial charge in [0.1, 0.15) is 0 Å². The average molecular weight is 547 g/mol. The van der Waals surface area contributed by atoms with Crippen LogP contribution in [0.4, 0.5) is 0 Å². The molecule has 0 bridgehead atoms. The van der Waals surface area contributed by atoms with Gasteiger partial charge in [-0.25, -0.2) is 9.97 Å². The number of fused-ring (bicyclic) bond motifs is 1. The first-order chi connectivity index (χ1) is 20.1. The summed E-state index contributed by atoms with van der Waals surface area (Å²) in [5.41, 5.74) is 12.9. The Morgan fingerprint density at radius 2 is 0.643 bits per heavy atom.